The minimum atomic E-state index is -1.03. The number of hydrogen-bond donors (Lipinski definition) is 6. The minimum Gasteiger partial charge on any atom is -0.395 e. The van der Waals surface area contributed by atoms with Gasteiger partial charge in [-0.3, -0.25) is 14.8 Å². The lowest BCUT2D eigenvalue weighted by Crippen LogP contribution is -2.50. The van der Waals surface area contributed by atoms with Crippen LogP contribution >= 0.6 is 0 Å². The van der Waals surface area contributed by atoms with Gasteiger partial charge in [0.15, 0.2) is 0 Å². The first-order valence-electron chi connectivity index (χ1n) is 10.9. The van der Waals surface area contributed by atoms with Crippen molar-refractivity contribution in [3.05, 3.63) is 70.8 Å². The highest BCUT2D eigenvalue weighted by Gasteiger charge is 2.19. The summed E-state index contributed by atoms with van der Waals surface area (Å²) < 4.78 is 0. The molecule has 0 aliphatic rings. The third-order valence-electron chi connectivity index (χ3n) is 5.11. The third-order valence-corrected chi connectivity index (χ3v) is 5.11. The van der Waals surface area contributed by atoms with Crippen molar-refractivity contribution in [2.24, 2.45) is 11.7 Å². The van der Waals surface area contributed by atoms with Gasteiger partial charge in [0.05, 0.1) is 6.61 Å². The van der Waals surface area contributed by atoms with E-state index in [1.807, 2.05) is 24.3 Å². The van der Waals surface area contributed by atoms with Crippen LogP contribution in [0.4, 0.5) is 0 Å². The number of aliphatic hydroxyl groups is 1. The van der Waals surface area contributed by atoms with Gasteiger partial charge in [-0.2, -0.15) is 0 Å². The van der Waals surface area contributed by atoms with Crippen molar-refractivity contribution in [3.8, 4) is 23.7 Å². The molecule has 0 heterocycles. The quantitative estimate of drug-likeness (QED) is 0.183. The smallest absolute Gasteiger partial charge is 0.267 e. The average molecular weight is 479 g/mol. The largest absolute Gasteiger partial charge is 0.395 e. The number of aliphatic hydroxyl groups excluding tert-OH is 1. The van der Waals surface area contributed by atoms with Crippen molar-refractivity contribution in [1.82, 2.24) is 16.1 Å². The van der Waals surface area contributed by atoms with Gasteiger partial charge in [-0.1, -0.05) is 45.2 Å². The Bertz CT molecular complexity index is 1070. The standard InChI is InChI=1S/C26H30N4O4.CH4/c1-18(2)24(17-31)28-16-21-9-7-19(8-10-21)5-3-4-6-20-11-13-22(14-12-20)25(32)29-23(15-27)26(33)30-34;/h7-14,18,23-24,28,31,34H,15-17,27H2,1-2H3,(H,29,32)(H,30,33);1H4/t23-,24?;/m0./s1. The van der Waals surface area contributed by atoms with E-state index < -0.39 is 17.9 Å². The topological polar surface area (TPSA) is 137 Å². The molecule has 0 aromatic heterocycles. The van der Waals surface area contributed by atoms with E-state index in [4.69, 9.17) is 10.9 Å². The van der Waals surface area contributed by atoms with Crippen LogP contribution in [0, 0.1) is 29.6 Å². The number of carbonyl (C=O) groups excluding carboxylic acids is 2. The van der Waals surface area contributed by atoms with Crippen LogP contribution < -0.4 is 21.8 Å². The molecule has 7 N–H and O–H groups in total. The van der Waals surface area contributed by atoms with Gasteiger partial charge >= 0.3 is 0 Å². The lowest BCUT2D eigenvalue weighted by Gasteiger charge is -2.19. The Labute approximate surface area is 207 Å². The summed E-state index contributed by atoms with van der Waals surface area (Å²) in [4.78, 5) is 23.6. The Hall–Kier alpha value is -3.66. The first-order chi connectivity index (χ1) is 16.4. The van der Waals surface area contributed by atoms with Crippen molar-refractivity contribution in [2.75, 3.05) is 13.2 Å². The van der Waals surface area contributed by atoms with E-state index in [9.17, 15) is 14.7 Å². The molecule has 2 aromatic rings. The van der Waals surface area contributed by atoms with Gasteiger partial charge in [0, 0.05) is 35.8 Å². The van der Waals surface area contributed by atoms with Gasteiger partial charge in [-0.05, 0) is 59.7 Å². The van der Waals surface area contributed by atoms with Crippen molar-refractivity contribution >= 4 is 11.8 Å². The fourth-order valence-electron chi connectivity index (χ4n) is 2.93. The molecule has 0 radical (unpaired) electrons. The lowest BCUT2D eigenvalue weighted by atomic mass is 10.0. The molecule has 2 rings (SSSR count). The van der Waals surface area contributed by atoms with Crippen molar-refractivity contribution in [2.45, 2.75) is 39.9 Å². The van der Waals surface area contributed by atoms with Crippen LogP contribution in [0.25, 0.3) is 0 Å². The average Bonchev–Trinajstić information content (AvgIpc) is 2.85. The van der Waals surface area contributed by atoms with Crippen molar-refractivity contribution in [3.63, 3.8) is 0 Å². The summed E-state index contributed by atoms with van der Waals surface area (Å²) in [6, 6.07) is 13.4. The van der Waals surface area contributed by atoms with Gasteiger partial charge in [-0.25, -0.2) is 5.48 Å². The van der Waals surface area contributed by atoms with E-state index in [0.29, 0.717) is 23.6 Å². The normalized spacial score (nSPS) is 11.6. The van der Waals surface area contributed by atoms with E-state index in [1.165, 1.54) is 5.48 Å². The van der Waals surface area contributed by atoms with Crippen LogP contribution in [0.2, 0.25) is 0 Å². The third kappa shape index (κ3) is 9.62. The predicted molar refractivity (Wildman–Crippen MR) is 136 cm³/mol. The molecule has 0 aliphatic carbocycles. The lowest BCUT2D eigenvalue weighted by molar-refractivity contribution is -0.130. The molecule has 35 heavy (non-hydrogen) atoms. The SMILES string of the molecule is C.CC(C)C(CO)NCc1ccc(C#CC#Cc2ccc(C(=O)N[C@@H](CN)C(=O)NO)cc2)cc1. The summed E-state index contributed by atoms with van der Waals surface area (Å²) in [7, 11) is 0. The first-order valence-corrected chi connectivity index (χ1v) is 10.9. The molecule has 2 aromatic carbocycles. The minimum absolute atomic E-state index is 0. The molecular formula is C27H34N4O4. The molecule has 2 atom stereocenters. The van der Waals surface area contributed by atoms with Crippen LogP contribution in [-0.4, -0.2) is 47.4 Å². The number of amides is 2. The van der Waals surface area contributed by atoms with Crippen LogP contribution in [0.3, 0.4) is 0 Å². The number of nitrogens with one attached hydrogen (secondary N) is 3. The molecule has 186 valence electrons. The first kappa shape index (κ1) is 29.4. The molecule has 0 aliphatic heterocycles. The van der Waals surface area contributed by atoms with Crippen LogP contribution in [0.15, 0.2) is 48.5 Å². The molecule has 0 spiro atoms. The number of hydroxylamine groups is 1. The molecule has 2 amide bonds. The maximum absolute atomic E-state index is 12.2. The van der Waals surface area contributed by atoms with Crippen LogP contribution in [-0.2, 0) is 11.3 Å². The molecular weight excluding hydrogens is 444 g/mol. The van der Waals surface area contributed by atoms with Gasteiger partial charge < -0.3 is 21.5 Å². The summed E-state index contributed by atoms with van der Waals surface area (Å²) in [6.45, 7) is 4.76. The van der Waals surface area contributed by atoms with E-state index in [2.05, 4.69) is 48.2 Å². The highest BCUT2D eigenvalue weighted by molar-refractivity contribution is 5.97. The summed E-state index contributed by atoms with van der Waals surface area (Å²) in [6.07, 6.45) is 0. The Kier molecular flexibility index (Phi) is 12.8. The number of carbonyl (C=O) groups is 2. The maximum Gasteiger partial charge on any atom is 0.267 e. The number of rotatable bonds is 9. The fraction of sp³-hybridized carbons (Fsp3) is 0.333. The Morgan fingerprint density at radius 1 is 0.971 bits per heavy atom. The summed E-state index contributed by atoms with van der Waals surface area (Å²) in [5.74, 6) is 10.6. The van der Waals surface area contributed by atoms with Crippen molar-refractivity contribution in [1.29, 1.82) is 0 Å². The van der Waals surface area contributed by atoms with Crippen molar-refractivity contribution < 1.29 is 19.9 Å². The molecule has 1 unspecified atom stereocenters. The van der Waals surface area contributed by atoms with E-state index in [-0.39, 0.29) is 26.6 Å². The maximum atomic E-state index is 12.2. The Morgan fingerprint density at radius 2 is 1.51 bits per heavy atom. The van der Waals surface area contributed by atoms with E-state index in [1.54, 1.807) is 24.3 Å². The van der Waals surface area contributed by atoms with Crippen LogP contribution in [0.1, 0.15) is 48.3 Å². The molecule has 0 saturated carbocycles. The monoisotopic (exact) mass is 478 g/mol. The predicted octanol–water partition coefficient (Wildman–Crippen LogP) is 1.39. The summed E-state index contributed by atoms with van der Waals surface area (Å²) in [5, 5.41) is 23.8. The number of nitrogens with two attached hydrogens (primary N) is 1. The Morgan fingerprint density at radius 3 is 1.97 bits per heavy atom. The van der Waals surface area contributed by atoms with Gasteiger partial charge in [-0.15, -0.1) is 0 Å². The highest BCUT2D eigenvalue weighted by atomic mass is 16.5. The van der Waals surface area contributed by atoms with E-state index in [0.717, 1.165) is 11.1 Å². The van der Waals surface area contributed by atoms with Gasteiger partial charge in [0.25, 0.3) is 11.8 Å². The second-order valence-corrected chi connectivity index (χ2v) is 7.93. The zero-order valence-corrected chi connectivity index (χ0v) is 19.3. The highest BCUT2D eigenvalue weighted by Crippen LogP contribution is 2.06. The van der Waals surface area contributed by atoms with E-state index >= 15 is 0 Å². The summed E-state index contributed by atoms with van der Waals surface area (Å²) in [5.41, 5.74) is 9.85. The van der Waals surface area contributed by atoms with Crippen LogP contribution in [0.5, 0.6) is 0 Å². The second-order valence-electron chi connectivity index (χ2n) is 7.93. The fourth-order valence-corrected chi connectivity index (χ4v) is 2.93. The zero-order chi connectivity index (χ0) is 24.9. The molecule has 8 nitrogen and oxygen atoms in total. The number of hydrogen-bond acceptors (Lipinski definition) is 6. The van der Waals surface area contributed by atoms with Gasteiger partial charge in [0.2, 0.25) is 0 Å². The molecule has 0 saturated heterocycles. The molecule has 0 bridgehead atoms. The number of benzene rings is 2. The molecule has 8 heteroatoms. The second kappa shape index (κ2) is 15.3. The Balaban J connectivity index is 0.00000612. The van der Waals surface area contributed by atoms with Gasteiger partial charge in [0.1, 0.15) is 6.04 Å². The zero-order valence-electron chi connectivity index (χ0n) is 19.3. The summed E-state index contributed by atoms with van der Waals surface area (Å²) >= 11 is 0. The molecule has 0 fully saturated rings.